The number of aromatic nitrogens is 2. The molecule has 98 valence electrons. The second-order valence-corrected chi connectivity index (χ2v) is 7.30. The zero-order valence-electron chi connectivity index (χ0n) is 10.1. The molecule has 18 heavy (non-hydrogen) atoms. The summed E-state index contributed by atoms with van der Waals surface area (Å²) in [5.74, 6) is 5.76. The molecular weight excluding hydrogens is 266 g/mol. The SMILES string of the molecule is O=c1cc(NCC2CSCCS2)nc(C2CC2)[nH]1. The third-order valence-electron chi connectivity index (χ3n) is 3.12. The van der Waals surface area contributed by atoms with Crippen LogP contribution in [0.1, 0.15) is 24.6 Å². The number of thioether (sulfide) groups is 2. The monoisotopic (exact) mass is 283 g/mol. The van der Waals surface area contributed by atoms with Gasteiger partial charge in [-0.2, -0.15) is 23.5 Å². The molecule has 1 aliphatic heterocycles. The van der Waals surface area contributed by atoms with E-state index in [-0.39, 0.29) is 5.56 Å². The van der Waals surface area contributed by atoms with Crippen LogP contribution in [-0.4, -0.2) is 39.0 Å². The Hall–Kier alpha value is -0.620. The van der Waals surface area contributed by atoms with Gasteiger partial charge in [-0.3, -0.25) is 4.79 Å². The summed E-state index contributed by atoms with van der Waals surface area (Å²) in [6, 6.07) is 1.56. The molecule has 1 saturated carbocycles. The number of nitrogens with one attached hydrogen (secondary N) is 2. The molecule has 6 heteroatoms. The minimum absolute atomic E-state index is 0.0416. The molecule has 1 saturated heterocycles. The molecule has 1 aliphatic carbocycles. The lowest BCUT2D eigenvalue weighted by atomic mass is 10.4. The maximum Gasteiger partial charge on any atom is 0.252 e. The number of anilines is 1. The fourth-order valence-electron chi connectivity index (χ4n) is 1.99. The molecule has 0 amide bonds. The molecule has 0 aromatic carbocycles. The standard InChI is InChI=1S/C12H17N3OS2/c16-11-5-10(14-12(15-11)8-1-2-8)13-6-9-7-17-3-4-18-9/h5,8-9H,1-4,6-7H2,(H2,13,14,15,16). The molecule has 3 rings (SSSR count). The Morgan fingerprint density at radius 1 is 1.44 bits per heavy atom. The largest absolute Gasteiger partial charge is 0.369 e. The summed E-state index contributed by atoms with van der Waals surface area (Å²) in [6.45, 7) is 0.901. The van der Waals surface area contributed by atoms with Crippen LogP contribution in [0.2, 0.25) is 0 Å². The van der Waals surface area contributed by atoms with Gasteiger partial charge >= 0.3 is 0 Å². The van der Waals surface area contributed by atoms with Crippen LogP contribution in [0.15, 0.2) is 10.9 Å². The fourth-order valence-corrected chi connectivity index (χ4v) is 4.60. The minimum Gasteiger partial charge on any atom is -0.369 e. The average Bonchev–Trinajstić information content (AvgIpc) is 3.21. The Bertz CT molecular complexity index is 467. The van der Waals surface area contributed by atoms with Gasteiger partial charge in [0.2, 0.25) is 0 Å². The first-order valence-electron chi connectivity index (χ1n) is 6.36. The van der Waals surface area contributed by atoms with Crippen LogP contribution in [0.3, 0.4) is 0 Å². The summed E-state index contributed by atoms with van der Waals surface area (Å²) in [7, 11) is 0. The van der Waals surface area contributed by atoms with Crippen molar-refractivity contribution in [3.8, 4) is 0 Å². The van der Waals surface area contributed by atoms with E-state index in [0.29, 0.717) is 11.2 Å². The van der Waals surface area contributed by atoms with E-state index in [1.807, 2.05) is 23.5 Å². The summed E-state index contributed by atoms with van der Waals surface area (Å²) in [4.78, 5) is 18.9. The first-order valence-corrected chi connectivity index (χ1v) is 8.56. The third kappa shape index (κ3) is 3.23. The van der Waals surface area contributed by atoms with E-state index in [1.165, 1.54) is 17.3 Å². The van der Waals surface area contributed by atoms with Gasteiger partial charge in [0.1, 0.15) is 11.6 Å². The maximum atomic E-state index is 11.5. The molecule has 0 radical (unpaired) electrons. The predicted octanol–water partition coefficient (Wildman–Crippen LogP) is 1.91. The Balaban J connectivity index is 1.62. The molecule has 2 aliphatic rings. The highest BCUT2D eigenvalue weighted by atomic mass is 32.2. The number of H-pyrrole nitrogens is 1. The molecule has 0 spiro atoms. The second-order valence-electron chi connectivity index (χ2n) is 4.74. The minimum atomic E-state index is -0.0416. The number of rotatable bonds is 4. The van der Waals surface area contributed by atoms with Crippen molar-refractivity contribution in [1.82, 2.24) is 9.97 Å². The van der Waals surface area contributed by atoms with Crippen molar-refractivity contribution in [2.24, 2.45) is 0 Å². The van der Waals surface area contributed by atoms with E-state index in [0.717, 1.165) is 31.0 Å². The lowest BCUT2D eigenvalue weighted by Crippen LogP contribution is -2.24. The topological polar surface area (TPSA) is 57.8 Å². The van der Waals surface area contributed by atoms with Crippen molar-refractivity contribution >= 4 is 29.3 Å². The van der Waals surface area contributed by atoms with Crippen molar-refractivity contribution in [3.05, 3.63) is 22.2 Å². The highest BCUT2D eigenvalue weighted by molar-refractivity contribution is 8.06. The lowest BCUT2D eigenvalue weighted by molar-refractivity contribution is 0.898. The zero-order chi connectivity index (χ0) is 12.4. The summed E-state index contributed by atoms with van der Waals surface area (Å²) in [6.07, 6.45) is 2.31. The highest BCUT2D eigenvalue weighted by Crippen LogP contribution is 2.37. The lowest BCUT2D eigenvalue weighted by Gasteiger charge is -2.21. The van der Waals surface area contributed by atoms with Crippen LogP contribution >= 0.6 is 23.5 Å². The first kappa shape index (κ1) is 12.4. The summed E-state index contributed by atoms with van der Waals surface area (Å²) >= 11 is 4.02. The van der Waals surface area contributed by atoms with Gasteiger partial charge in [-0.25, -0.2) is 4.98 Å². The van der Waals surface area contributed by atoms with Crippen molar-refractivity contribution in [1.29, 1.82) is 0 Å². The van der Waals surface area contributed by atoms with E-state index >= 15 is 0 Å². The van der Waals surface area contributed by atoms with Gasteiger partial charge in [0.25, 0.3) is 5.56 Å². The third-order valence-corrected chi connectivity index (χ3v) is 5.96. The molecule has 2 heterocycles. The smallest absolute Gasteiger partial charge is 0.252 e. The zero-order valence-corrected chi connectivity index (χ0v) is 11.8. The Labute approximate surface area is 115 Å². The van der Waals surface area contributed by atoms with Crippen molar-refractivity contribution in [3.63, 3.8) is 0 Å². The van der Waals surface area contributed by atoms with Crippen LogP contribution in [0, 0.1) is 0 Å². The Morgan fingerprint density at radius 3 is 3.06 bits per heavy atom. The van der Waals surface area contributed by atoms with Crippen LogP contribution in [0.4, 0.5) is 5.82 Å². The van der Waals surface area contributed by atoms with Gasteiger partial charge in [0.05, 0.1) is 0 Å². The molecule has 1 aromatic heterocycles. The number of nitrogens with zero attached hydrogens (tertiary/aromatic N) is 1. The van der Waals surface area contributed by atoms with E-state index in [2.05, 4.69) is 15.3 Å². The molecule has 4 nitrogen and oxygen atoms in total. The van der Waals surface area contributed by atoms with E-state index in [1.54, 1.807) is 6.07 Å². The van der Waals surface area contributed by atoms with Gasteiger partial charge < -0.3 is 10.3 Å². The molecule has 1 atom stereocenters. The van der Waals surface area contributed by atoms with Gasteiger partial charge in [-0.15, -0.1) is 0 Å². The normalized spacial score (nSPS) is 23.9. The summed E-state index contributed by atoms with van der Waals surface area (Å²) < 4.78 is 0. The fraction of sp³-hybridized carbons (Fsp3) is 0.667. The van der Waals surface area contributed by atoms with Gasteiger partial charge in [-0.05, 0) is 12.8 Å². The number of hydrogen-bond acceptors (Lipinski definition) is 5. The summed E-state index contributed by atoms with van der Waals surface area (Å²) in [5.41, 5.74) is -0.0416. The molecule has 2 N–H and O–H groups in total. The molecule has 1 unspecified atom stereocenters. The average molecular weight is 283 g/mol. The maximum absolute atomic E-state index is 11.5. The Kier molecular flexibility index (Phi) is 3.84. The first-order chi connectivity index (χ1) is 8.81. The van der Waals surface area contributed by atoms with E-state index in [4.69, 9.17) is 0 Å². The van der Waals surface area contributed by atoms with Crippen LogP contribution < -0.4 is 10.9 Å². The molecule has 2 fully saturated rings. The highest BCUT2D eigenvalue weighted by Gasteiger charge is 2.26. The number of aromatic amines is 1. The quantitative estimate of drug-likeness (QED) is 0.884. The van der Waals surface area contributed by atoms with Crippen molar-refractivity contribution < 1.29 is 0 Å². The van der Waals surface area contributed by atoms with Gasteiger partial charge in [0, 0.05) is 41.0 Å². The number of hydrogen-bond donors (Lipinski definition) is 2. The van der Waals surface area contributed by atoms with Crippen molar-refractivity contribution in [2.75, 3.05) is 29.1 Å². The van der Waals surface area contributed by atoms with Crippen LogP contribution in [-0.2, 0) is 0 Å². The predicted molar refractivity (Wildman–Crippen MR) is 78.9 cm³/mol. The van der Waals surface area contributed by atoms with Gasteiger partial charge in [0.15, 0.2) is 0 Å². The van der Waals surface area contributed by atoms with Crippen LogP contribution in [0.25, 0.3) is 0 Å². The van der Waals surface area contributed by atoms with E-state index in [9.17, 15) is 4.79 Å². The van der Waals surface area contributed by atoms with Gasteiger partial charge in [-0.1, -0.05) is 0 Å². The van der Waals surface area contributed by atoms with Crippen molar-refractivity contribution in [2.45, 2.75) is 24.0 Å². The second kappa shape index (κ2) is 5.57. The van der Waals surface area contributed by atoms with Crippen LogP contribution in [0.5, 0.6) is 0 Å². The molecule has 1 aromatic rings. The molecule has 0 bridgehead atoms. The Morgan fingerprint density at radius 2 is 2.33 bits per heavy atom. The summed E-state index contributed by atoms with van der Waals surface area (Å²) in [5, 5.41) is 3.95. The van der Waals surface area contributed by atoms with E-state index < -0.39 is 0 Å². The molecular formula is C12H17N3OS2.